The van der Waals surface area contributed by atoms with Crippen LogP contribution < -0.4 is 19.3 Å². The van der Waals surface area contributed by atoms with Gasteiger partial charge in [-0.1, -0.05) is 18.2 Å². The number of hydrogen-bond donors (Lipinski definition) is 0. The van der Waals surface area contributed by atoms with Crippen LogP contribution in [0.2, 0.25) is 0 Å². The minimum atomic E-state index is -0.212. The predicted molar refractivity (Wildman–Crippen MR) is 95.1 cm³/mol. The van der Waals surface area contributed by atoms with Crippen molar-refractivity contribution in [2.24, 2.45) is 0 Å². The Bertz CT molecular complexity index is 776. The van der Waals surface area contributed by atoms with Crippen molar-refractivity contribution in [1.29, 1.82) is 0 Å². The van der Waals surface area contributed by atoms with E-state index in [0.717, 1.165) is 5.69 Å². The molecule has 25 heavy (non-hydrogen) atoms. The molecule has 0 atom stereocenters. The van der Waals surface area contributed by atoms with Crippen LogP contribution in [0.3, 0.4) is 0 Å². The van der Waals surface area contributed by atoms with E-state index >= 15 is 0 Å². The largest absolute Gasteiger partial charge is 0.454 e. The molecule has 1 heterocycles. The molecule has 0 aromatic heterocycles. The van der Waals surface area contributed by atoms with Gasteiger partial charge < -0.3 is 19.3 Å². The second-order valence-corrected chi connectivity index (χ2v) is 5.62. The van der Waals surface area contributed by atoms with Gasteiger partial charge in [0.1, 0.15) is 6.54 Å². The van der Waals surface area contributed by atoms with Crippen LogP contribution in [0.4, 0.5) is 11.4 Å². The summed E-state index contributed by atoms with van der Waals surface area (Å²) in [6.45, 7) is 3.99. The van der Waals surface area contributed by atoms with E-state index in [1.54, 1.807) is 23.1 Å². The van der Waals surface area contributed by atoms with Gasteiger partial charge in [-0.05, 0) is 31.2 Å². The fraction of sp³-hybridized carbons (Fsp3) is 0.263. The molecule has 6 nitrogen and oxygen atoms in total. The Labute approximate surface area is 146 Å². The smallest absolute Gasteiger partial charge is 0.247 e. The Morgan fingerprint density at radius 1 is 0.960 bits per heavy atom. The molecular weight excluding hydrogens is 320 g/mol. The first-order chi connectivity index (χ1) is 12.1. The third kappa shape index (κ3) is 3.57. The third-order valence-corrected chi connectivity index (χ3v) is 4.03. The van der Waals surface area contributed by atoms with Gasteiger partial charge in [0, 0.05) is 30.9 Å². The van der Waals surface area contributed by atoms with Gasteiger partial charge in [0.25, 0.3) is 0 Å². The van der Waals surface area contributed by atoms with E-state index < -0.39 is 0 Å². The lowest BCUT2D eigenvalue weighted by atomic mass is 10.2. The number of likely N-dealkylation sites (N-methyl/N-ethyl adjacent to an activating group) is 1. The summed E-state index contributed by atoms with van der Waals surface area (Å²) in [5, 5.41) is 0. The fourth-order valence-corrected chi connectivity index (χ4v) is 2.77. The Morgan fingerprint density at radius 3 is 2.36 bits per heavy atom. The van der Waals surface area contributed by atoms with E-state index in [1.165, 1.54) is 11.8 Å². The third-order valence-electron chi connectivity index (χ3n) is 4.03. The highest BCUT2D eigenvalue weighted by Gasteiger charge is 2.23. The number of fused-ring (bicyclic) bond motifs is 1. The molecule has 0 unspecified atom stereocenters. The monoisotopic (exact) mass is 340 g/mol. The summed E-state index contributed by atoms with van der Waals surface area (Å²) in [6.07, 6.45) is 0. The number of carbonyl (C=O) groups excluding carboxylic acids is 2. The molecule has 0 fully saturated rings. The maximum atomic E-state index is 12.8. The minimum absolute atomic E-state index is 0.0439. The Hall–Kier alpha value is -3.02. The molecule has 6 heteroatoms. The Kier molecular flexibility index (Phi) is 4.88. The minimum Gasteiger partial charge on any atom is -0.454 e. The summed E-state index contributed by atoms with van der Waals surface area (Å²) in [7, 11) is 0. The molecule has 3 rings (SSSR count). The number of rotatable bonds is 5. The molecule has 0 saturated carbocycles. The molecule has 0 aliphatic carbocycles. The summed E-state index contributed by atoms with van der Waals surface area (Å²) in [5.41, 5.74) is 1.42. The van der Waals surface area contributed by atoms with Crippen molar-refractivity contribution in [2.45, 2.75) is 13.8 Å². The summed E-state index contributed by atoms with van der Waals surface area (Å²) in [6, 6.07) is 14.6. The number of para-hydroxylation sites is 1. The van der Waals surface area contributed by atoms with Crippen LogP contribution in [0.1, 0.15) is 13.8 Å². The first-order valence-corrected chi connectivity index (χ1v) is 8.13. The number of carbonyl (C=O) groups is 2. The zero-order valence-electron chi connectivity index (χ0n) is 14.3. The number of hydrogen-bond acceptors (Lipinski definition) is 4. The quantitative estimate of drug-likeness (QED) is 0.840. The number of amides is 2. The van der Waals surface area contributed by atoms with Crippen molar-refractivity contribution in [2.75, 3.05) is 29.7 Å². The zero-order valence-corrected chi connectivity index (χ0v) is 14.3. The molecule has 0 saturated heterocycles. The van der Waals surface area contributed by atoms with Crippen molar-refractivity contribution in [3.63, 3.8) is 0 Å². The molecule has 0 bridgehead atoms. The maximum absolute atomic E-state index is 12.8. The molecule has 0 N–H and O–H groups in total. The van der Waals surface area contributed by atoms with Crippen LogP contribution in [0.25, 0.3) is 0 Å². The van der Waals surface area contributed by atoms with E-state index in [2.05, 4.69) is 0 Å². The number of ether oxygens (including phenoxy) is 2. The molecule has 2 amide bonds. The Morgan fingerprint density at radius 2 is 1.68 bits per heavy atom. The normalized spacial score (nSPS) is 11.9. The molecule has 1 aliphatic heterocycles. The predicted octanol–water partition coefficient (Wildman–Crippen LogP) is 2.82. The van der Waals surface area contributed by atoms with Crippen molar-refractivity contribution in [3.05, 3.63) is 48.5 Å². The molecule has 130 valence electrons. The van der Waals surface area contributed by atoms with Crippen LogP contribution >= 0.6 is 0 Å². The molecule has 1 aliphatic rings. The summed E-state index contributed by atoms with van der Waals surface area (Å²) < 4.78 is 10.6. The van der Waals surface area contributed by atoms with Crippen molar-refractivity contribution < 1.29 is 19.1 Å². The number of nitrogens with zero attached hydrogens (tertiary/aromatic N) is 2. The van der Waals surface area contributed by atoms with Gasteiger partial charge in [0.05, 0.1) is 0 Å². The van der Waals surface area contributed by atoms with Crippen LogP contribution in [0, 0.1) is 0 Å². The van der Waals surface area contributed by atoms with E-state index in [-0.39, 0.29) is 25.2 Å². The lowest BCUT2D eigenvalue weighted by molar-refractivity contribution is -0.121. The second-order valence-electron chi connectivity index (χ2n) is 5.62. The average Bonchev–Trinajstić information content (AvgIpc) is 3.08. The summed E-state index contributed by atoms with van der Waals surface area (Å²) >= 11 is 0. The molecule has 0 spiro atoms. The highest BCUT2D eigenvalue weighted by Crippen LogP contribution is 2.35. The van der Waals surface area contributed by atoms with Gasteiger partial charge >= 0.3 is 0 Å². The zero-order chi connectivity index (χ0) is 17.8. The number of anilines is 2. The average molecular weight is 340 g/mol. The summed E-state index contributed by atoms with van der Waals surface area (Å²) in [4.78, 5) is 28.0. The van der Waals surface area contributed by atoms with Gasteiger partial charge in [0.15, 0.2) is 11.5 Å². The van der Waals surface area contributed by atoms with Crippen LogP contribution in [-0.2, 0) is 9.59 Å². The van der Waals surface area contributed by atoms with Gasteiger partial charge in [-0.2, -0.15) is 0 Å². The Balaban J connectivity index is 1.82. The topological polar surface area (TPSA) is 59.1 Å². The standard InChI is InChI=1S/C19H20N2O4/c1-3-20(15-7-5-4-6-8-15)19(23)12-21(14(2)22)16-9-10-17-18(11-16)25-13-24-17/h4-11H,3,12-13H2,1-2H3. The second kappa shape index (κ2) is 7.25. The van der Waals surface area contributed by atoms with E-state index in [1.807, 2.05) is 37.3 Å². The van der Waals surface area contributed by atoms with Gasteiger partial charge in [-0.3, -0.25) is 9.59 Å². The van der Waals surface area contributed by atoms with Crippen molar-refractivity contribution in [3.8, 4) is 11.5 Å². The van der Waals surface area contributed by atoms with Gasteiger partial charge in [-0.25, -0.2) is 0 Å². The van der Waals surface area contributed by atoms with E-state index in [0.29, 0.717) is 23.7 Å². The maximum Gasteiger partial charge on any atom is 0.247 e. The number of benzene rings is 2. The van der Waals surface area contributed by atoms with Crippen molar-refractivity contribution in [1.82, 2.24) is 0 Å². The first kappa shape index (κ1) is 16.8. The molecule has 2 aromatic carbocycles. The molecular formula is C19H20N2O4. The van der Waals surface area contributed by atoms with Gasteiger partial charge in [-0.15, -0.1) is 0 Å². The van der Waals surface area contributed by atoms with Gasteiger partial charge in [0.2, 0.25) is 18.6 Å². The highest BCUT2D eigenvalue weighted by molar-refractivity contribution is 6.03. The highest BCUT2D eigenvalue weighted by atomic mass is 16.7. The summed E-state index contributed by atoms with van der Waals surface area (Å²) in [5.74, 6) is 0.850. The SMILES string of the molecule is CCN(C(=O)CN(C(C)=O)c1ccc2c(c1)OCO2)c1ccccc1. The molecule has 2 aromatic rings. The van der Waals surface area contributed by atoms with Crippen molar-refractivity contribution >= 4 is 23.2 Å². The molecule has 0 radical (unpaired) electrons. The lowest BCUT2D eigenvalue weighted by Gasteiger charge is -2.26. The lowest BCUT2D eigenvalue weighted by Crippen LogP contribution is -2.42. The first-order valence-electron chi connectivity index (χ1n) is 8.13. The van der Waals surface area contributed by atoms with E-state index in [4.69, 9.17) is 9.47 Å². The van der Waals surface area contributed by atoms with Crippen LogP contribution in [0.15, 0.2) is 48.5 Å². The fourth-order valence-electron chi connectivity index (χ4n) is 2.77. The van der Waals surface area contributed by atoms with Crippen LogP contribution in [0.5, 0.6) is 11.5 Å². The van der Waals surface area contributed by atoms with Crippen LogP contribution in [-0.4, -0.2) is 31.7 Å². The van der Waals surface area contributed by atoms with E-state index in [9.17, 15) is 9.59 Å².